The fourth-order valence-electron chi connectivity index (χ4n) is 1.95. The van der Waals surface area contributed by atoms with Crippen LogP contribution in [0, 0.1) is 0 Å². The van der Waals surface area contributed by atoms with Gasteiger partial charge in [-0.2, -0.15) is 0 Å². The molecule has 0 atom stereocenters. The summed E-state index contributed by atoms with van der Waals surface area (Å²) < 4.78 is 1.12. The first-order valence-electron chi connectivity index (χ1n) is 5.16. The summed E-state index contributed by atoms with van der Waals surface area (Å²) in [6.45, 7) is 0. The van der Waals surface area contributed by atoms with Crippen molar-refractivity contribution in [1.29, 1.82) is 0 Å². The van der Waals surface area contributed by atoms with E-state index in [1.807, 2.05) is 0 Å². The summed E-state index contributed by atoms with van der Waals surface area (Å²) in [5.41, 5.74) is 7.43. The molecule has 1 nitrogen and oxygen atoms in total. The van der Waals surface area contributed by atoms with Gasteiger partial charge in [0.05, 0.1) is 0 Å². The zero-order valence-electron chi connectivity index (χ0n) is 8.33. The molecule has 0 amide bonds. The third kappa shape index (κ3) is 1.58. The Hall–Kier alpha value is -0.860. The number of hydrogen-bond acceptors (Lipinski definition) is 1. The molecule has 15 heavy (non-hydrogen) atoms. The van der Waals surface area contributed by atoms with Gasteiger partial charge in [0, 0.05) is 10.0 Å². The largest absolute Gasteiger partial charge is 0.321 e. The molecule has 2 aromatic carbocycles. The molecule has 2 N–H and O–H groups in total. The van der Waals surface area contributed by atoms with Crippen LogP contribution in [-0.4, -0.2) is 0 Å². The van der Waals surface area contributed by atoms with Crippen LogP contribution in [0.3, 0.4) is 0 Å². The zero-order valence-corrected chi connectivity index (χ0v) is 9.92. The number of halogens is 1. The summed E-state index contributed by atoms with van der Waals surface area (Å²) in [6.07, 6.45) is 2.24. The van der Waals surface area contributed by atoms with E-state index in [0.717, 1.165) is 17.3 Å². The van der Waals surface area contributed by atoms with Gasteiger partial charge in [-0.3, -0.25) is 0 Å². The Morgan fingerprint density at radius 2 is 1.67 bits per heavy atom. The number of benzene rings is 2. The maximum Gasteiger partial charge on any atom is 0.0411 e. The van der Waals surface area contributed by atoms with Crippen LogP contribution in [0.15, 0.2) is 40.9 Å². The van der Waals surface area contributed by atoms with Crippen molar-refractivity contribution in [3.63, 3.8) is 0 Å². The first-order chi connectivity index (χ1) is 7.17. The van der Waals surface area contributed by atoms with E-state index in [1.54, 1.807) is 0 Å². The molecular weight excluding hydrogens is 250 g/mol. The molecule has 2 heteroatoms. The quantitative estimate of drug-likeness (QED) is 0.835. The molecule has 0 aromatic heterocycles. The molecule has 76 valence electrons. The Morgan fingerprint density at radius 3 is 2.40 bits per heavy atom. The van der Waals surface area contributed by atoms with Crippen molar-refractivity contribution >= 4 is 26.7 Å². The Labute approximate surface area is 97.4 Å². The van der Waals surface area contributed by atoms with Crippen molar-refractivity contribution in [2.24, 2.45) is 5.73 Å². The van der Waals surface area contributed by atoms with Crippen molar-refractivity contribution in [3.8, 4) is 0 Å². The molecule has 1 saturated carbocycles. The van der Waals surface area contributed by atoms with Crippen LogP contribution >= 0.6 is 15.9 Å². The predicted molar refractivity (Wildman–Crippen MR) is 66.7 cm³/mol. The Bertz CT molecular complexity index is 529. The number of fused-ring (bicyclic) bond motifs is 1. The first kappa shape index (κ1) is 9.37. The van der Waals surface area contributed by atoms with Crippen molar-refractivity contribution in [2.45, 2.75) is 18.4 Å². The molecule has 0 saturated heterocycles. The van der Waals surface area contributed by atoms with Crippen LogP contribution in [0.2, 0.25) is 0 Å². The highest BCUT2D eigenvalue weighted by molar-refractivity contribution is 9.10. The molecule has 0 heterocycles. The molecule has 1 aliphatic carbocycles. The lowest BCUT2D eigenvalue weighted by Gasteiger charge is -2.10. The monoisotopic (exact) mass is 261 g/mol. The minimum Gasteiger partial charge on any atom is -0.321 e. The molecule has 0 bridgehead atoms. The van der Waals surface area contributed by atoms with Gasteiger partial charge in [0.1, 0.15) is 0 Å². The maximum atomic E-state index is 6.18. The maximum absolute atomic E-state index is 6.18. The molecule has 2 aromatic rings. The minimum absolute atomic E-state index is 0.0265. The standard InChI is InChI=1S/C13H12BrN/c14-12-4-2-9-7-11(13(15)5-6-13)3-1-10(9)8-12/h1-4,7-8H,5-6,15H2. The second kappa shape index (κ2) is 3.06. The van der Waals surface area contributed by atoms with E-state index in [0.29, 0.717) is 0 Å². The molecule has 0 aliphatic heterocycles. The fourth-order valence-corrected chi connectivity index (χ4v) is 2.33. The van der Waals surface area contributed by atoms with Gasteiger partial charge < -0.3 is 5.73 Å². The van der Waals surface area contributed by atoms with Gasteiger partial charge in [0.15, 0.2) is 0 Å². The predicted octanol–water partition coefficient (Wildman–Crippen LogP) is 3.55. The van der Waals surface area contributed by atoms with Crippen LogP contribution in [0.5, 0.6) is 0 Å². The molecule has 0 unspecified atom stereocenters. The van der Waals surface area contributed by atoms with Crippen LogP contribution in [0.4, 0.5) is 0 Å². The third-order valence-electron chi connectivity index (χ3n) is 3.17. The molecule has 0 radical (unpaired) electrons. The van der Waals surface area contributed by atoms with Crippen LogP contribution in [-0.2, 0) is 5.54 Å². The van der Waals surface area contributed by atoms with Crippen molar-refractivity contribution in [3.05, 3.63) is 46.4 Å². The summed E-state index contributed by atoms with van der Waals surface area (Å²) in [4.78, 5) is 0. The summed E-state index contributed by atoms with van der Waals surface area (Å²) in [5, 5.41) is 2.53. The Morgan fingerprint density at radius 1 is 1.00 bits per heavy atom. The summed E-state index contributed by atoms with van der Waals surface area (Å²) in [7, 11) is 0. The smallest absolute Gasteiger partial charge is 0.0411 e. The Kier molecular flexibility index (Phi) is 1.91. The second-order valence-electron chi connectivity index (χ2n) is 4.36. The summed E-state index contributed by atoms with van der Waals surface area (Å²) in [6, 6.07) is 12.9. The van der Waals surface area contributed by atoms with Crippen molar-refractivity contribution < 1.29 is 0 Å². The normalized spacial score (nSPS) is 18.0. The SMILES string of the molecule is NC1(c2ccc3cc(Br)ccc3c2)CC1. The van der Waals surface area contributed by atoms with Crippen molar-refractivity contribution in [2.75, 3.05) is 0 Å². The van der Waals surface area contributed by atoms with Gasteiger partial charge in [-0.1, -0.05) is 34.1 Å². The van der Waals surface area contributed by atoms with Crippen LogP contribution in [0.1, 0.15) is 18.4 Å². The summed E-state index contributed by atoms with van der Waals surface area (Å²) >= 11 is 3.48. The van der Waals surface area contributed by atoms with Gasteiger partial charge in [-0.15, -0.1) is 0 Å². The van der Waals surface area contributed by atoms with Gasteiger partial charge in [0.2, 0.25) is 0 Å². The van der Waals surface area contributed by atoms with E-state index in [9.17, 15) is 0 Å². The lowest BCUT2D eigenvalue weighted by Crippen LogP contribution is -2.18. The van der Waals surface area contributed by atoms with E-state index in [-0.39, 0.29) is 5.54 Å². The Balaban J connectivity index is 2.18. The average Bonchev–Trinajstić information content (AvgIpc) is 2.97. The average molecular weight is 262 g/mol. The number of hydrogen-bond donors (Lipinski definition) is 1. The minimum atomic E-state index is -0.0265. The summed E-state index contributed by atoms with van der Waals surface area (Å²) in [5.74, 6) is 0. The van der Waals surface area contributed by atoms with E-state index < -0.39 is 0 Å². The highest BCUT2D eigenvalue weighted by Crippen LogP contribution is 2.43. The lowest BCUT2D eigenvalue weighted by atomic mass is 10.0. The molecule has 3 rings (SSSR count). The third-order valence-corrected chi connectivity index (χ3v) is 3.66. The topological polar surface area (TPSA) is 26.0 Å². The van der Waals surface area contributed by atoms with Crippen molar-refractivity contribution in [1.82, 2.24) is 0 Å². The van der Waals surface area contributed by atoms with Crippen LogP contribution in [0.25, 0.3) is 10.8 Å². The van der Waals surface area contributed by atoms with E-state index in [1.165, 1.54) is 16.3 Å². The number of rotatable bonds is 1. The lowest BCUT2D eigenvalue weighted by molar-refractivity contribution is 0.741. The molecule has 1 fully saturated rings. The van der Waals surface area contributed by atoms with Gasteiger partial charge in [-0.25, -0.2) is 0 Å². The van der Waals surface area contributed by atoms with E-state index >= 15 is 0 Å². The van der Waals surface area contributed by atoms with E-state index in [4.69, 9.17) is 5.73 Å². The zero-order chi connectivity index (χ0) is 10.5. The second-order valence-corrected chi connectivity index (χ2v) is 5.28. The van der Waals surface area contributed by atoms with Gasteiger partial charge in [-0.05, 0) is 47.4 Å². The van der Waals surface area contributed by atoms with E-state index in [2.05, 4.69) is 52.3 Å². The first-order valence-corrected chi connectivity index (χ1v) is 5.95. The number of nitrogens with two attached hydrogens (primary N) is 1. The fraction of sp³-hybridized carbons (Fsp3) is 0.231. The molecule has 0 spiro atoms. The highest BCUT2D eigenvalue weighted by Gasteiger charge is 2.39. The molecular formula is C13H12BrN. The van der Waals surface area contributed by atoms with Gasteiger partial charge in [0.25, 0.3) is 0 Å². The molecule has 1 aliphatic rings. The highest BCUT2D eigenvalue weighted by atomic mass is 79.9. The van der Waals surface area contributed by atoms with Crippen LogP contribution < -0.4 is 5.73 Å². The van der Waals surface area contributed by atoms with Gasteiger partial charge >= 0.3 is 0 Å².